The number of rotatable bonds is 1. The van der Waals surface area contributed by atoms with E-state index in [0.717, 1.165) is 19.3 Å². The van der Waals surface area contributed by atoms with E-state index in [1.165, 1.54) is 6.42 Å². The number of Topliss-reactive ketones (excluding diaryl/α,β-unsaturated/α-hetero) is 1. The Kier molecular flexibility index (Phi) is 2.58. The molecule has 0 saturated heterocycles. The van der Waals surface area contributed by atoms with Crippen LogP contribution in [0.4, 0.5) is 0 Å². The number of carbonyl (C=O) groups excluding carboxylic acids is 1. The van der Waals surface area contributed by atoms with E-state index < -0.39 is 0 Å². The predicted octanol–water partition coefficient (Wildman–Crippen LogP) is 1.86. The van der Waals surface area contributed by atoms with Gasteiger partial charge in [-0.2, -0.15) is 11.8 Å². The highest BCUT2D eigenvalue weighted by Gasteiger charge is 2.20. The molecule has 0 aliphatic heterocycles. The van der Waals surface area contributed by atoms with Crippen molar-refractivity contribution in [1.29, 1.82) is 0 Å². The first-order valence-corrected chi connectivity index (χ1v) is 4.69. The van der Waals surface area contributed by atoms with E-state index in [9.17, 15) is 4.79 Å². The standard InChI is InChI=1S/C7H12OS/c1-9-7-5-3-2-4-6(7)8/h7H,2-5H2,1H3. The summed E-state index contributed by atoms with van der Waals surface area (Å²) in [5.41, 5.74) is 0. The third-order valence-electron chi connectivity index (χ3n) is 1.78. The maximum atomic E-state index is 11.0. The van der Waals surface area contributed by atoms with Crippen LogP contribution in [0.2, 0.25) is 0 Å². The summed E-state index contributed by atoms with van der Waals surface area (Å²) in [6, 6.07) is 0. The van der Waals surface area contributed by atoms with Crippen molar-refractivity contribution < 1.29 is 4.79 Å². The van der Waals surface area contributed by atoms with Crippen molar-refractivity contribution in [2.45, 2.75) is 30.9 Å². The summed E-state index contributed by atoms with van der Waals surface area (Å²) in [7, 11) is 0. The second-order valence-corrected chi connectivity index (χ2v) is 3.48. The molecule has 0 aromatic rings. The van der Waals surface area contributed by atoms with Gasteiger partial charge < -0.3 is 0 Å². The monoisotopic (exact) mass is 144 g/mol. The summed E-state index contributed by atoms with van der Waals surface area (Å²) >= 11 is 1.70. The zero-order valence-corrected chi connectivity index (χ0v) is 6.54. The maximum Gasteiger partial charge on any atom is 0.145 e. The van der Waals surface area contributed by atoms with Crippen LogP contribution < -0.4 is 0 Å². The third-order valence-corrected chi connectivity index (χ3v) is 2.85. The first-order chi connectivity index (χ1) is 4.34. The van der Waals surface area contributed by atoms with Gasteiger partial charge in [-0.15, -0.1) is 0 Å². The van der Waals surface area contributed by atoms with Crippen LogP contribution in [-0.4, -0.2) is 17.3 Å². The van der Waals surface area contributed by atoms with Crippen LogP contribution in [0, 0.1) is 0 Å². The van der Waals surface area contributed by atoms with Gasteiger partial charge in [0.15, 0.2) is 0 Å². The molecule has 1 nitrogen and oxygen atoms in total. The van der Waals surface area contributed by atoms with Crippen molar-refractivity contribution in [2.75, 3.05) is 6.26 Å². The van der Waals surface area contributed by atoms with Crippen LogP contribution in [0.3, 0.4) is 0 Å². The highest BCUT2D eigenvalue weighted by Crippen LogP contribution is 2.23. The minimum Gasteiger partial charge on any atom is -0.298 e. The van der Waals surface area contributed by atoms with Gasteiger partial charge in [0.25, 0.3) is 0 Å². The van der Waals surface area contributed by atoms with Gasteiger partial charge in [-0.3, -0.25) is 4.79 Å². The molecule has 1 atom stereocenters. The first kappa shape index (κ1) is 7.13. The quantitative estimate of drug-likeness (QED) is 0.558. The normalized spacial score (nSPS) is 28.6. The van der Waals surface area contributed by atoms with E-state index in [0.29, 0.717) is 11.0 Å². The molecule has 1 unspecified atom stereocenters. The minimum absolute atomic E-state index is 0.332. The van der Waals surface area contributed by atoms with Gasteiger partial charge in [-0.1, -0.05) is 6.42 Å². The fourth-order valence-corrected chi connectivity index (χ4v) is 1.98. The van der Waals surface area contributed by atoms with Gasteiger partial charge in [0, 0.05) is 6.42 Å². The van der Waals surface area contributed by atoms with Crippen molar-refractivity contribution in [2.24, 2.45) is 0 Å². The van der Waals surface area contributed by atoms with Crippen LogP contribution in [0.25, 0.3) is 0 Å². The number of hydrogen-bond acceptors (Lipinski definition) is 2. The number of ketones is 1. The molecule has 0 N–H and O–H groups in total. The van der Waals surface area contributed by atoms with Crippen LogP contribution in [0.5, 0.6) is 0 Å². The first-order valence-electron chi connectivity index (χ1n) is 3.40. The third kappa shape index (κ3) is 1.71. The van der Waals surface area contributed by atoms with Gasteiger partial charge in [0.2, 0.25) is 0 Å². The van der Waals surface area contributed by atoms with E-state index in [1.54, 1.807) is 11.8 Å². The van der Waals surface area contributed by atoms with Crippen LogP contribution in [0.15, 0.2) is 0 Å². The van der Waals surface area contributed by atoms with Gasteiger partial charge in [0.05, 0.1) is 5.25 Å². The topological polar surface area (TPSA) is 17.1 Å². The summed E-state index contributed by atoms with van der Waals surface area (Å²) in [6.07, 6.45) is 6.33. The Labute approximate surface area is 60.2 Å². The Morgan fingerprint density at radius 2 is 2.33 bits per heavy atom. The Balaban J connectivity index is 2.39. The lowest BCUT2D eigenvalue weighted by atomic mass is 9.99. The molecular weight excluding hydrogens is 132 g/mol. The molecule has 0 heterocycles. The van der Waals surface area contributed by atoms with E-state index in [2.05, 4.69) is 0 Å². The molecular formula is C7H12OS. The Hall–Kier alpha value is 0.0200. The minimum atomic E-state index is 0.332. The summed E-state index contributed by atoms with van der Waals surface area (Å²) < 4.78 is 0. The SMILES string of the molecule is CSC1CCCCC1=O. The largest absolute Gasteiger partial charge is 0.298 e. The lowest BCUT2D eigenvalue weighted by molar-refractivity contribution is -0.119. The Bertz CT molecular complexity index is 111. The van der Waals surface area contributed by atoms with Crippen LogP contribution in [0.1, 0.15) is 25.7 Å². The summed E-state index contributed by atoms with van der Waals surface area (Å²) in [5, 5.41) is 0.332. The molecule has 1 aliphatic carbocycles. The Morgan fingerprint density at radius 3 is 2.78 bits per heavy atom. The van der Waals surface area contributed by atoms with Gasteiger partial charge >= 0.3 is 0 Å². The molecule has 0 bridgehead atoms. The smallest absolute Gasteiger partial charge is 0.145 e. The van der Waals surface area contributed by atoms with E-state index in [1.807, 2.05) is 6.26 Å². The average molecular weight is 144 g/mol. The predicted molar refractivity (Wildman–Crippen MR) is 40.8 cm³/mol. The second-order valence-electron chi connectivity index (χ2n) is 2.44. The van der Waals surface area contributed by atoms with Gasteiger partial charge in [0.1, 0.15) is 5.78 Å². The van der Waals surface area contributed by atoms with Gasteiger partial charge in [-0.25, -0.2) is 0 Å². The molecule has 0 aromatic heterocycles. The lowest BCUT2D eigenvalue weighted by Gasteiger charge is -2.17. The zero-order chi connectivity index (χ0) is 6.69. The van der Waals surface area contributed by atoms with Crippen molar-refractivity contribution in [1.82, 2.24) is 0 Å². The number of thioether (sulfide) groups is 1. The molecule has 1 saturated carbocycles. The highest BCUT2D eigenvalue weighted by atomic mass is 32.2. The van der Waals surface area contributed by atoms with Crippen LogP contribution in [-0.2, 0) is 4.79 Å². The fraction of sp³-hybridized carbons (Fsp3) is 0.857. The van der Waals surface area contributed by atoms with Crippen LogP contribution >= 0.6 is 11.8 Å². The lowest BCUT2D eigenvalue weighted by Crippen LogP contribution is -2.20. The summed E-state index contributed by atoms with van der Waals surface area (Å²) in [5.74, 6) is 0.466. The van der Waals surface area contributed by atoms with Crippen molar-refractivity contribution >= 4 is 17.5 Å². The number of hydrogen-bond donors (Lipinski definition) is 0. The molecule has 52 valence electrons. The summed E-state index contributed by atoms with van der Waals surface area (Å²) in [6.45, 7) is 0. The maximum absolute atomic E-state index is 11.0. The second kappa shape index (κ2) is 3.25. The van der Waals surface area contributed by atoms with Gasteiger partial charge in [-0.05, 0) is 19.1 Å². The van der Waals surface area contributed by atoms with E-state index in [4.69, 9.17) is 0 Å². The average Bonchev–Trinajstić information content (AvgIpc) is 1.89. The Morgan fingerprint density at radius 1 is 1.56 bits per heavy atom. The number of carbonyl (C=O) groups is 1. The molecule has 1 fully saturated rings. The molecule has 9 heavy (non-hydrogen) atoms. The van der Waals surface area contributed by atoms with Crippen molar-refractivity contribution in [3.63, 3.8) is 0 Å². The zero-order valence-electron chi connectivity index (χ0n) is 5.72. The molecule has 0 radical (unpaired) electrons. The molecule has 0 spiro atoms. The summed E-state index contributed by atoms with van der Waals surface area (Å²) in [4.78, 5) is 11.0. The molecule has 2 heteroatoms. The van der Waals surface area contributed by atoms with E-state index >= 15 is 0 Å². The molecule has 1 aliphatic rings. The fourth-order valence-electron chi connectivity index (χ4n) is 1.20. The molecule has 1 rings (SSSR count). The van der Waals surface area contributed by atoms with E-state index in [-0.39, 0.29) is 0 Å². The van der Waals surface area contributed by atoms with Crippen molar-refractivity contribution in [3.8, 4) is 0 Å². The van der Waals surface area contributed by atoms with Crippen molar-refractivity contribution in [3.05, 3.63) is 0 Å². The molecule has 0 aromatic carbocycles. The molecule has 0 amide bonds. The highest BCUT2D eigenvalue weighted by molar-refractivity contribution is 7.99.